The third kappa shape index (κ3) is 3.02. The largest absolute Gasteiger partial charge is 0.378 e. The molecule has 0 heterocycles. The number of allylic oxidation sites excluding steroid dienone is 4. The monoisotopic (exact) mass is 353 g/mol. The van der Waals surface area contributed by atoms with Gasteiger partial charge in [-0.25, -0.2) is 0 Å². The molecule has 0 spiro atoms. The summed E-state index contributed by atoms with van der Waals surface area (Å²) in [5.41, 5.74) is 2.66. The molecule has 1 unspecified atom stereocenters. The first-order chi connectivity index (χ1) is 8.58. The van der Waals surface area contributed by atoms with Crippen molar-refractivity contribution >= 4 is 34.1 Å². The number of carbonyl (C=O) groups excluding carboxylic acids is 1. The molecule has 0 saturated heterocycles. The zero-order valence-electron chi connectivity index (χ0n) is 10.6. The van der Waals surface area contributed by atoms with E-state index >= 15 is 0 Å². The molecule has 1 aliphatic rings. The Balaban J connectivity index is 2.17. The summed E-state index contributed by atoms with van der Waals surface area (Å²) in [4.78, 5) is 14.3. The van der Waals surface area contributed by atoms with Gasteiger partial charge >= 0.3 is 0 Å². The average molecular weight is 353 g/mol. The predicted molar refractivity (Wildman–Crippen MR) is 84.7 cm³/mol. The van der Waals surface area contributed by atoms with E-state index in [9.17, 15) is 4.79 Å². The number of carbonyl (C=O) groups is 1. The van der Waals surface area contributed by atoms with Gasteiger partial charge in [-0.3, -0.25) is 4.79 Å². The fourth-order valence-corrected chi connectivity index (χ4v) is 2.30. The van der Waals surface area contributed by atoms with Gasteiger partial charge in [0.15, 0.2) is 5.78 Å². The first-order valence-electron chi connectivity index (χ1n) is 5.92. The van der Waals surface area contributed by atoms with E-state index in [2.05, 4.69) is 28.7 Å². The minimum Gasteiger partial charge on any atom is -0.378 e. The van der Waals surface area contributed by atoms with E-state index in [0.717, 1.165) is 23.2 Å². The fraction of sp³-hybridized carbons (Fsp3) is 0.267. The summed E-state index contributed by atoms with van der Waals surface area (Å²) < 4.78 is 0.510. The van der Waals surface area contributed by atoms with Crippen LogP contribution in [0.2, 0.25) is 0 Å². The molecule has 1 aromatic rings. The smallest absolute Gasteiger partial charge is 0.192 e. The Morgan fingerprint density at radius 3 is 2.44 bits per heavy atom. The van der Waals surface area contributed by atoms with Crippen molar-refractivity contribution in [2.45, 2.75) is 10.3 Å². The summed E-state index contributed by atoms with van der Waals surface area (Å²) in [5, 5.41) is 0. The first-order valence-corrected chi connectivity index (χ1v) is 7.17. The van der Waals surface area contributed by atoms with E-state index in [1.165, 1.54) is 0 Å². The van der Waals surface area contributed by atoms with Crippen molar-refractivity contribution in [3.05, 3.63) is 53.6 Å². The third-order valence-corrected chi connectivity index (χ3v) is 3.88. The lowest BCUT2D eigenvalue weighted by Gasteiger charge is -2.13. The number of rotatable bonds is 3. The van der Waals surface area contributed by atoms with Gasteiger partial charge in [0.2, 0.25) is 0 Å². The molecule has 0 fully saturated rings. The van der Waals surface area contributed by atoms with Crippen LogP contribution in [0.1, 0.15) is 16.8 Å². The minimum absolute atomic E-state index is 0.111. The molecule has 1 aliphatic carbocycles. The van der Waals surface area contributed by atoms with Crippen LogP contribution in [0.25, 0.3) is 0 Å². The van der Waals surface area contributed by atoms with Crippen LogP contribution in [0.15, 0.2) is 48.1 Å². The molecule has 94 valence electrons. The second-order valence-electron chi connectivity index (χ2n) is 4.54. The molecule has 2 nitrogen and oxygen atoms in total. The van der Waals surface area contributed by atoms with E-state index in [1.807, 2.05) is 55.4 Å². The highest BCUT2D eigenvalue weighted by Crippen LogP contribution is 2.21. The average Bonchev–Trinajstić information content (AvgIpc) is 2.39. The van der Waals surface area contributed by atoms with Gasteiger partial charge in [0.25, 0.3) is 0 Å². The fourth-order valence-electron chi connectivity index (χ4n) is 1.84. The molecule has 0 aliphatic heterocycles. The number of anilines is 1. The molecule has 0 bridgehead atoms. The zero-order valence-corrected chi connectivity index (χ0v) is 12.7. The molecule has 18 heavy (non-hydrogen) atoms. The highest BCUT2D eigenvalue weighted by Gasteiger charge is 2.13. The van der Waals surface area contributed by atoms with Crippen molar-refractivity contribution in [3.63, 3.8) is 0 Å². The number of hydrogen-bond donors (Lipinski definition) is 0. The highest BCUT2D eigenvalue weighted by molar-refractivity contribution is 14.1. The second-order valence-corrected chi connectivity index (χ2v) is 6.14. The molecule has 1 aromatic carbocycles. The number of ketones is 1. The summed E-state index contributed by atoms with van der Waals surface area (Å²) >= 11 is 2.37. The molecule has 0 aromatic heterocycles. The van der Waals surface area contributed by atoms with Crippen molar-refractivity contribution in [2.75, 3.05) is 19.0 Å². The second kappa shape index (κ2) is 5.69. The molecule has 0 N–H and O–H groups in total. The Morgan fingerprint density at radius 1 is 1.28 bits per heavy atom. The summed E-state index contributed by atoms with van der Waals surface area (Å²) in [6.45, 7) is 0. The summed E-state index contributed by atoms with van der Waals surface area (Å²) in [7, 11) is 3.98. The lowest BCUT2D eigenvalue weighted by atomic mass is 9.98. The van der Waals surface area contributed by atoms with Crippen LogP contribution in [0, 0.1) is 0 Å². The number of nitrogens with zero attached hydrogens (tertiary/aromatic N) is 1. The number of hydrogen-bond acceptors (Lipinski definition) is 2. The van der Waals surface area contributed by atoms with Gasteiger partial charge in [0, 0.05) is 34.8 Å². The Kier molecular flexibility index (Phi) is 4.22. The van der Waals surface area contributed by atoms with Crippen LogP contribution >= 0.6 is 22.6 Å². The van der Waals surface area contributed by atoms with E-state index in [4.69, 9.17) is 0 Å². The van der Waals surface area contributed by atoms with Crippen LogP contribution in [0.5, 0.6) is 0 Å². The SMILES string of the molecule is CN(C)c1ccc(C(=O)C2=CCC(I)C=C2)cc1. The van der Waals surface area contributed by atoms with E-state index < -0.39 is 0 Å². The maximum absolute atomic E-state index is 12.3. The summed E-state index contributed by atoms with van der Waals surface area (Å²) in [6.07, 6.45) is 6.98. The molecule has 1 atom stereocenters. The van der Waals surface area contributed by atoms with Gasteiger partial charge in [-0.2, -0.15) is 0 Å². The quantitative estimate of drug-likeness (QED) is 0.470. The Labute approximate surface area is 122 Å². The van der Waals surface area contributed by atoms with E-state index in [0.29, 0.717) is 3.92 Å². The third-order valence-electron chi connectivity index (χ3n) is 2.96. The maximum atomic E-state index is 12.3. The topological polar surface area (TPSA) is 20.3 Å². The maximum Gasteiger partial charge on any atom is 0.192 e. The number of benzene rings is 1. The molecule has 0 saturated carbocycles. The standard InChI is InChI=1S/C15H16INO/c1-17(2)14-9-5-12(6-10-14)15(18)11-3-7-13(16)8-4-11/h3-7,9-10,13H,8H2,1-2H3. The van der Waals surface area contributed by atoms with Gasteiger partial charge in [-0.05, 0) is 30.7 Å². The minimum atomic E-state index is 0.111. The Bertz CT molecular complexity index is 500. The number of Topliss-reactive ketones (excluding diaryl/α,β-unsaturated/α-hetero) is 1. The van der Waals surface area contributed by atoms with Gasteiger partial charge < -0.3 is 4.90 Å². The van der Waals surface area contributed by atoms with Crippen LogP contribution < -0.4 is 4.90 Å². The van der Waals surface area contributed by atoms with Crippen molar-refractivity contribution in [1.82, 2.24) is 0 Å². The Hall–Kier alpha value is -1.10. The highest BCUT2D eigenvalue weighted by atomic mass is 127. The van der Waals surface area contributed by atoms with Crippen molar-refractivity contribution < 1.29 is 4.79 Å². The summed E-state index contributed by atoms with van der Waals surface area (Å²) in [5.74, 6) is 0.111. The van der Waals surface area contributed by atoms with Crippen LogP contribution in [0.3, 0.4) is 0 Å². The molecular formula is C15H16INO. The van der Waals surface area contributed by atoms with Crippen LogP contribution in [0.4, 0.5) is 5.69 Å². The molecular weight excluding hydrogens is 337 g/mol. The van der Waals surface area contributed by atoms with Crippen molar-refractivity contribution in [2.24, 2.45) is 0 Å². The van der Waals surface area contributed by atoms with Gasteiger partial charge in [0.1, 0.15) is 0 Å². The zero-order chi connectivity index (χ0) is 13.1. The molecule has 0 radical (unpaired) electrons. The normalized spacial score (nSPS) is 18.4. The predicted octanol–water partition coefficient (Wildman–Crippen LogP) is 3.63. The Morgan fingerprint density at radius 2 is 1.94 bits per heavy atom. The van der Waals surface area contributed by atoms with Crippen molar-refractivity contribution in [1.29, 1.82) is 0 Å². The van der Waals surface area contributed by atoms with Crippen LogP contribution in [-0.4, -0.2) is 23.8 Å². The first kappa shape index (κ1) is 13.3. The number of halogens is 1. The summed E-state index contributed by atoms with van der Waals surface area (Å²) in [6, 6.07) is 7.73. The van der Waals surface area contributed by atoms with Crippen molar-refractivity contribution in [3.8, 4) is 0 Å². The van der Waals surface area contributed by atoms with Gasteiger partial charge in [-0.15, -0.1) is 0 Å². The molecule has 3 heteroatoms. The molecule has 0 amide bonds. The van der Waals surface area contributed by atoms with E-state index in [-0.39, 0.29) is 5.78 Å². The number of alkyl halides is 1. The van der Waals surface area contributed by atoms with Gasteiger partial charge in [0.05, 0.1) is 0 Å². The lowest BCUT2D eigenvalue weighted by Crippen LogP contribution is -2.10. The van der Waals surface area contributed by atoms with Crippen LogP contribution in [-0.2, 0) is 0 Å². The van der Waals surface area contributed by atoms with Gasteiger partial charge in [-0.1, -0.05) is 40.8 Å². The van der Waals surface area contributed by atoms with E-state index in [1.54, 1.807) is 0 Å². The molecule has 2 rings (SSSR count). The lowest BCUT2D eigenvalue weighted by molar-refractivity contribution is 0.103.